The molecule has 0 aliphatic rings. The van der Waals surface area contributed by atoms with Gasteiger partial charge in [0.25, 0.3) is 0 Å². The summed E-state index contributed by atoms with van der Waals surface area (Å²) in [5, 5.41) is 3.21. The summed E-state index contributed by atoms with van der Waals surface area (Å²) in [4.78, 5) is 1.29. The minimum absolute atomic E-state index is 0.307. The molecule has 0 saturated heterocycles. The minimum atomic E-state index is 0.307. The van der Waals surface area contributed by atoms with E-state index in [2.05, 4.69) is 24.4 Å². The molecule has 0 amide bonds. The molecule has 0 saturated carbocycles. The van der Waals surface area contributed by atoms with Crippen molar-refractivity contribution in [1.82, 2.24) is 0 Å². The Morgan fingerprint density at radius 2 is 2.07 bits per heavy atom. The lowest BCUT2D eigenvalue weighted by atomic mass is 10.3. The molecule has 0 aliphatic carbocycles. The van der Waals surface area contributed by atoms with E-state index >= 15 is 0 Å². The molecule has 0 bridgehead atoms. The summed E-state index contributed by atoms with van der Waals surface area (Å²) in [5.41, 5.74) is 6.32. The number of hydrogen-bond donors (Lipinski definition) is 2. The summed E-state index contributed by atoms with van der Waals surface area (Å²) in [5.74, 6) is 1.18. The second kappa shape index (κ2) is 6.69. The Morgan fingerprint density at radius 3 is 2.60 bits per heavy atom. The Kier molecular flexibility index (Phi) is 5.50. The van der Waals surface area contributed by atoms with E-state index in [4.69, 9.17) is 18.0 Å². The van der Waals surface area contributed by atoms with Crippen molar-refractivity contribution in [3.8, 4) is 0 Å². The summed E-state index contributed by atoms with van der Waals surface area (Å²) in [6.07, 6.45) is 2.51. The van der Waals surface area contributed by atoms with Crippen LogP contribution in [0.25, 0.3) is 0 Å². The van der Waals surface area contributed by atoms with Crippen molar-refractivity contribution in [3.05, 3.63) is 24.3 Å². The van der Waals surface area contributed by atoms with Gasteiger partial charge >= 0.3 is 0 Å². The molecule has 0 aromatic heterocycles. The van der Waals surface area contributed by atoms with Crippen molar-refractivity contribution in [3.63, 3.8) is 0 Å². The molecule has 1 aromatic carbocycles. The van der Waals surface area contributed by atoms with Crippen LogP contribution in [0, 0.1) is 0 Å². The van der Waals surface area contributed by atoms with Crippen LogP contribution in [0.4, 0.5) is 5.69 Å². The number of unbranched alkanes of at least 4 members (excludes halogenated alkanes) is 1. The van der Waals surface area contributed by atoms with E-state index in [-0.39, 0.29) is 0 Å². The molecular formula is C11H16N2S2. The molecule has 1 rings (SSSR count). The van der Waals surface area contributed by atoms with Gasteiger partial charge in [0.1, 0.15) is 0 Å². The highest BCUT2D eigenvalue weighted by molar-refractivity contribution is 7.99. The van der Waals surface area contributed by atoms with Gasteiger partial charge in [-0.05, 0) is 48.7 Å². The van der Waals surface area contributed by atoms with Gasteiger partial charge in [-0.25, -0.2) is 0 Å². The summed E-state index contributed by atoms with van der Waals surface area (Å²) in [6.45, 7) is 2.20. The number of rotatable bonds is 5. The Labute approximate surface area is 101 Å². The smallest absolute Gasteiger partial charge is 0.168 e. The van der Waals surface area contributed by atoms with Crippen molar-refractivity contribution in [2.45, 2.75) is 24.7 Å². The van der Waals surface area contributed by atoms with Crippen LogP contribution >= 0.6 is 24.0 Å². The van der Waals surface area contributed by atoms with Crippen LogP contribution in [0.15, 0.2) is 29.2 Å². The Morgan fingerprint density at radius 1 is 1.40 bits per heavy atom. The zero-order chi connectivity index (χ0) is 11.1. The fourth-order valence-electron chi connectivity index (χ4n) is 1.11. The number of nitrogens with two attached hydrogens (primary N) is 1. The van der Waals surface area contributed by atoms with E-state index in [1.807, 2.05) is 23.9 Å². The van der Waals surface area contributed by atoms with Gasteiger partial charge in [-0.1, -0.05) is 13.3 Å². The first-order valence-corrected chi connectivity index (χ1v) is 6.41. The van der Waals surface area contributed by atoms with Gasteiger partial charge in [0.05, 0.1) is 0 Å². The van der Waals surface area contributed by atoms with E-state index in [1.54, 1.807) is 0 Å². The van der Waals surface area contributed by atoms with Crippen molar-refractivity contribution in [1.29, 1.82) is 0 Å². The maximum absolute atomic E-state index is 5.38. The predicted molar refractivity (Wildman–Crippen MR) is 72.5 cm³/mol. The van der Waals surface area contributed by atoms with E-state index in [0.29, 0.717) is 5.11 Å². The molecule has 0 aliphatic heterocycles. The standard InChI is InChI=1S/C11H16N2S2/c1-2-3-8-15-10-6-4-9(5-7-10)13-11(12)14/h4-7H,2-3,8H2,1H3,(H3,12,13,14). The van der Waals surface area contributed by atoms with Gasteiger partial charge in [0.15, 0.2) is 5.11 Å². The number of thiocarbonyl (C=S) groups is 1. The number of benzene rings is 1. The summed E-state index contributed by atoms with van der Waals surface area (Å²) >= 11 is 6.64. The van der Waals surface area contributed by atoms with Crippen LogP contribution in [0.5, 0.6) is 0 Å². The van der Waals surface area contributed by atoms with Gasteiger partial charge < -0.3 is 11.1 Å². The first-order valence-electron chi connectivity index (χ1n) is 5.01. The van der Waals surface area contributed by atoms with Crippen molar-refractivity contribution in [2.75, 3.05) is 11.1 Å². The maximum atomic E-state index is 5.38. The normalized spacial score (nSPS) is 9.93. The second-order valence-corrected chi connectivity index (χ2v) is 4.82. The fourth-order valence-corrected chi connectivity index (χ4v) is 2.23. The molecule has 15 heavy (non-hydrogen) atoms. The quantitative estimate of drug-likeness (QED) is 0.471. The van der Waals surface area contributed by atoms with Gasteiger partial charge in [-0.2, -0.15) is 0 Å². The Bertz CT molecular complexity index is 309. The lowest BCUT2D eigenvalue weighted by Crippen LogP contribution is -2.18. The summed E-state index contributed by atoms with van der Waals surface area (Å²) in [7, 11) is 0. The third-order valence-corrected chi connectivity index (χ3v) is 3.09. The van der Waals surface area contributed by atoms with Crippen molar-refractivity contribution < 1.29 is 0 Å². The van der Waals surface area contributed by atoms with Crippen LogP contribution in [0.2, 0.25) is 0 Å². The molecule has 2 nitrogen and oxygen atoms in total. The zero-order valence-corrected chi connectivity index (χ0v) is 10.5. The zero-order valence-electron chi connectivity index (χ0n) is 8.82. The van der Waals surface area contributed by atoms with E-state index < -0.39 is 0 Å². The van der Waals surface area contributed by atoms with E-state index in [0.717, 1.165) is 5.69 Å². The topological polar surface area (TPSA) is 38.0 Å². The average Bonchev–Trinajstić information content (AvgIpc) is 2.20. The Balaban J connectivity index is 2.45. The number of thioether (sulfide) groups is 1. The highest BCUT2D eigenvalue weighted by Gasteiger charge is 1.95. The van der Waals surface area contributed by atoms with Crippen LogP contribution in [0.3, 0.4) is 0 Å². The van der Waals surface area contributed by atoms with Crippen molar-refractivity contribution in [2.24, 2.45) is 5.73 Å². The second-order valence-electron chi connectivity index (χ2n) is 3.22. The average molecular weight is 240 g/mol. The maximum Gasteiger partial charge on any atom is 0.168 e. The summed E-state index contributed by atoms with van der Waals surface area (Å²) < 4.78 is 0. The molecule has 0 fully saturated rings. The molecule has 0 heterocycles. The third-order valence-electron chi connectivity index (χ3n) is 1.89. The minimum Gasteiger partial charge on any atom is -0.376 e. The van der Waals surface area contributed by atoms with Gasteiger partial charge in [0, 0.05) is 10.6 Å². The van der Waals surface area contributed by atoms with Crippen LogP contribution in [-0.2, 0) is 0 Å². The number of hydrogen-bond acceptors (Lipinski definition) is 2. The lowest BCUT2D eigenvalue weighted by molar-refractivity contribution is 0.896. The molecular weight excluding hydrogens is 224 g/mol. The van der Waals surface area contributed by atoms with Crippen molar-refractivity contribution >= 4 is 34.8 Å². The van der Waals surface area contributed by atoms with Crippen LogP contribution in [-0.4, -0.2) is 10.9 Å². The van der Waals surface area contributed by atoms with Gasteiger partial charge in [-0.3, -0.25) is 0 Å². The lowest BCUT2D eigenvalue weighted by Gasteiger charge is -2.05. The predicted octanol–water partition coefficient (Wildman–Crippen LogP) is 3.23. The van der Waals surface area contributed by atoms with E-state index in [1.165, 1.54) is 23.5 Å². The van der Waals surface area contributed by atoms with Crippen LogP contribution in [0.1, 0.15) is 19.8 Å². The SMILES string of the molecule is CCCCSc1ccc(NC(N)=S)cc1. The van der Waals surface area contributed by atoms with Gasteiger partial charge in [0.2, 0.25) is 0 Å². The number of nitrogens with one attached hydrogen (secondary N) is 1. The molecule has 4 heteroatoms. The summed E-state index contributed by atoms with van der Waals surface area (Å²) in [6, 6.07) is 8.16. The molecule has 0 spiro atoms. The molecule has 1 aromatic rings. The molecule has 0 unspecified atom stereocenters. The first-order chi connectivity index (χ1) is 7.22. The molecule has 3 N–H and O–H groups in total. The highest BCUT2D eigenvalue weighted by atomic mass is 32.2. The largest absolute Gasteiger partial charge is 0.376 e. The highest BCUT2D eigenvalue weighted by Crippen LogP contribution is 2.21. The van der Waals surface area contributed by atoms with E-state index in [9.17, 15) is 0 Å². The molecule has 82 valence electrons. The molecule has 0 radical (unpaired) electrons. The third kappa shape index (κ3) is 5.04. The number of anilines is 1. The first kappa shape index (κ1) is 12.3. The van der Waals surface area contributed by atoms with Gasteiger partial charge in [-0.15, -0.1) is 11.8 Å². The molecule has 0 atom stereocenters. The Hall–Kier alpha value is -0.740. The van der Waals surface area contributed by atoms with Crippen LogP contribution < -0.4 is 11.1 Å². The fraction of sp³-hybridized carbons (Fsp3) is 0.364. The monoisotopic (exact) mass is 240 g/mol.